The fourth-order valence-electron chi connectivity index (χ4n) is 5.23. The van der Waals surface area contributed by atoms with E-state index in [2.05, 4.69) is 71.7 Å². The molecule has 0 amide bonds. The van der Waals surface area contributed by atoms with Crippen LogP contribution in [0.2, 0.25) is 0 Å². The average Bonchev–Trinajstić information content (AvgIpc) is 3.27. The third-order valence-electron chi connectivity index (χ3n) is 7.70. The van der Waals surface area contributed by atoms with E-state index in [1.54, 1.807) is 25.6 Å². The Morgan fingerprint density at radius 2 is 1.64 bits per heavy atom. The van der Waals surface area contributed by atoms with Gasteiger partial charge in [0.05, 0.1) is 17.7 Å². The third kappa shape index (κ3) is 9.01. The van der Waals surface area contributed by atoms with Gasteiger partial charge in [-0.05, 0) is 74.7 Å². The molecule has 1 N–H and O–H groups in total. The molecule has 0 bridgehead atoms. The van der Waals surface area contributed by atoms with Crippen LogP contribution in [0.3, 0.4) is 0 Å². The van der Waals surface area contributed by atoms with Crippen LogP contribution >= 0.6 is 11.8 Å². The molecule has 242 valence electrons. The standard InChI is InChI=1S/C38H43N3O4S.Li.H/c1-8-44-34-18-14-28(22-40-34)27-12-10-26(11-13-27)23-41-32-17-16-30(45-24-29-15-9-25(2)21-39-29)19-31(32)35(46-37(3,4)5)33(41)20-38(6,7)36(42)43;;/h9-19,21-22H,8,20,23-24H2,1-7H3,(H,42,43);;/q;+1;-1. The van der Waals surface area contributed by atoms with Gasteiger partial charge in [-0.2, -0.15) is 0 Å². The van der Waals surface area contributed by atoms with Crippen LogP contribution in [0.1, 0.15) is 65.5 Å². The molecular weight excluding hydrogens is 601 g/mol. The molecular formula is C38H44LiN3O4S. The summed E-state index contributed by atoms with van der Waals surface area (Å²) in [7, 11) is 0. The Hall–Kier alpha value is -3.70. The monoisotopic (exact) mass is 645 g/mol. The van der Waals surface area contributed by atoms with Gasteiger partial charge in [0.25, 0.3) is 0 Å². The number of hydrogen-bond donors (Lipinski definition) is 1. The average molecular weight is 646 g/mol. The van der Waals surface area contributed by atoms with E-state index in [1.807, 2.05) is 56.6 Å². The van der Waals surface area contributed by atoms with Crippen LogP contribution in [0.15, 0.2) is 84.0 Å². The van der Waals surface area contributed by atoms with Crippen molar-refractivity contribution in [3.63, 3.8) is 0 Å². The zero-order valence-electron chi connectivity index (χ0n) is 29.8. The van der Waals surface area contributed by atoms with E-state index < -0.39 is 11.4 Å². The number of carboxylic acid groups (broad SMARTS) is 1. The summed E-state index contributed by atoms with van der Waals surface area (Å²) in [5.74, 6) is 0.544. The minimum atomic E-state index is -0.958. The largest absolute Gasteiger partial charge is 1.00 e. The van der Waals surface area contributed by atoms with Gasteiger partial charge in [-0.3, -0.25) is 9.78 Å². The molecule has 3 aromatic heterocycles. The number of hydrogen-bond acceptors (Lipinski definition) is 6. The second kappa shape index (κ2) is 15.0. The first-order chi connectivity index (χ1) is 21.8. The topological polar surface area (TPSA) is 86.5 Å². The van der Waals surface area contributed by atoms with Crippen LogP contribution in [0.25, 0.3) is 22.0 Å². The number of carbonyl (C=O) groups is 1. The van der Waals surface area contributed by atoms with E-state index in [1.165, 1.54) is 0 Å². The van der Waals surface area contributed by atoms with Crippen molar-refractivity contribution in [2.24, 2.45) is 5.41 Å². The predicted molar refractivity (Wildman–Crippen MR) is 187 cm³/mol. The number of carboxylic acids is 1. The minimum Gasteiger partial charge on any atom is -1.00 e. The molecule has 0 radical (unpaired) electrons. The maximum atomic E-state index is 12.4. The molecule has 0 atom stereocenters. The van der Waals surface area contributed by atoms with Crippen molar-refractivity contribution in [2.75, 3.05) is 6.61 Å². The summed E-state index contributed by atoms with van der Waals surface area (Å²) in [5.41, 5.74) is 6.27. The fourth-order valence-corrected chi connectivity index (χ4v) is 6.41. The van der Waals surface area contributed by atoms with Gasteiger partial charge in [0.1, 0.15) is 12.4 Å². The number of aromatic nitrogens is 3. The second-order valence-electron chi connectivity index (χ2n) is 13.3. The van der Waals surface area contributed by atoms with Crippen molar-refractivity contribution >= 4 is 28.6 Å². The molecule has 0 aliphatic heterocycles. The van der Waals surface area contributed by atoms with E-state index in [0.29, 0.717) is 32.1 Å². The van der Waals surface area contributed by atoms with Gasteiger partial charge in [-0.15, -0.1) is 11.8 Å². The Bertz CT molecular complexity index is 1820. The first-order valence-corrected chi connectivity index (χ1v) is 16.4. The number of benzene rings is 2. The first-order valence-electron chi connectivity index (χ1n) is 15.6. The normalized spacial score (nSPS) is 11.7. The number of rotatable bonds is 12. The number of fused-ring (bicyclic) bond motifs is 1. The summed E-state index contributed by atoms with van der Waals surface area (Å²) in [4.78, 5) is 22.4. The van der Waals surface area contributed by atoms with E-state index in [-0.39, 0.29) is 25.0 Å². The summed E-state index contributed by atoms with van der Waals surface area (Å²) >= 11 is 1.77. The van der Waals surface area contributed by atoms with Crippen molar-refractivity contribution in [1.82, 2.24) is 14.5 Å². The quantitative estimate of drug-likeness (QED) is 0.130. The van der Waals surface area contributed by atoms with Crippen molar-refractivity contribution in [3.8, 4) is 22.8 Å². The molecule has 0 saturated heterocycles. The maximum absolute atomic E-state index is 12.4. The summed E-state index contributed by atoms with van der Waals surface area (Å²) in [6, 6.07) is 22.6. The zero-order chi connectivity index (χ0) is 33.1. The number of aliphatic carboxylic acids is 1. The van der Waals surface area contributed by atoms with Crippen molar-refractivity contribution in [2.45, 2.75) is 77.7 Å². The van der Waals surface area contributed by atoms with E-state index in [4.69, 9.17) is 9.47 Å². The zero-order valence-corrected chi connectivity index (χ0v) is 29.6. The van der Waals surface area contributed by atoms with E-state index in [9.17, 15) is 9.90 Å². The number of pyridine rings is 2. The fraction of sp³-hybridized carbons (Fsp3) is 0.342. The van der Waals surface area contributed by atoms with Gasteiger partial charge >= 0.3 is 24.8 Å². The van der Waals surface area contributed by atoms with Crippen LogP contribution in [0.5, 0.6) is 11.6 Å². The van der Waals surface area contributed by atoms with Crippen LogP contribution in [0.4, 0.5) is 0 Å². The van der Waals surface area contributed by atoms with Gasteiger partial charge < -0.3 is 20.6 Å². The van der Waals surface area contributed by atoms with Crippen LogP contribution < -0.4 is 28.3 Å². The molecule has 47 heavy (non-hydrogen) atoms. The van der Waals surface area contributed by atoms with Crippen LogP contribution in [0, 0.1) is 12.3 Å². The molecule has 0 aliphatic carbocycles. The third-order valence-corrected chi connectivity index (χ3v) is 8.98. The second-order valence-corrected chi connectivity index (χ2v) is 15.1. The van der Waals surface area contributed by atoms with Gasteiger partial charge in [0, 0.05) is 63.2 Å². The Morgan fingerprint density at radius 1 is 0.915 bits per heavy atom. The Kier molecular flexibility index (Phi) is 11.6. The predicted octanol–water partition coefficient (Wildman–Crippen LogP) is 6.09. The Morgan fingerprint density at radius 3 is 2.23 bits per heavy atom. The Labute approximate surface area is 295 Å². The first kappa shape index (κ1) is 36.1. The molecule has 0 unspecified atom stereocenters. The molecule has 5 aromatic rings. The van der Waals surface area contributed by atoms with E-state index >= 15 is 0 Å². The minimum absolute atomic E-state index is 0. The number of thioether (sulfide) groups is 1. The van der Waals surface area contributed by atoms with Crippen molar-refractivity contribution in [1.29, 1.82) is 0 Å². The SMILES string of the molecule is CCOc1ccc(-c2ccc(Cn3c(CC(C)(C)C(=O)O)c(SC(C)(C)C)c4cc(OCc5ccc(C)cn5)ccc43)cc2)cn1.[H-].[Li+]. The summed E-state index contributed by atoms with van der Waals surface area (Å²) in [5, 5.41) is 11.2. The van der Waals surface area contributed by atoms with Crippen LogP contribution in [-0.4, -0.2) is 37.0 Å². The van der Waals surface area contributed by atoms with Crippen LogP contribution in [-0.2, 0) is 24.4 Å². The van der Waals surface area contributed by atoms with E-state index in [0.717, 1.165) is 55.2 Å². The Balaban J connectivity index is 0.00000312. The number of aryl methyl sites for hydroxylation is 1. The maximum Gasteiger partial charge on any atom is 1.00 e. The van der Waals surface area contributed by atoms with Crippen molar-refractivity contribution in [3.05, 3.63) is 102 Å². The molecule has 0 aliphatic rings. The van der Waals surface area contributed by atoms with Gasteiger partial charge in [0.15, 0.2) is 0 Å². The van der Waals surface area contributed by atoms with Gasteiger partial charge in [-0.1, -0.05) is 51.1 Å². The molecule has 7 nitrogen and oxygen atoms in total. The van der Waals surface area contributed by atoms with Gasteiger partial charge in [-0.25, -0.2) is 4.98 Å². The molecule has 0 spiro atoms. The molecule has 9 heteroatoms. The summed E-state index contributed by atoms with van der Waals surface area (Å²) in [6.07, 6.45) is 4.06. The molecule has 5 rings (SSSR count). The summed E-state index contributed by atoms with van der Waals surface area (Å²) < 4.78 is 13.9. The molecule has 0 fully saturated rings. The number of nitrogens with zero attached hydrogens (tertiary/aromatic N) is 3. The van der Waals surface area contributed by atoms with Gasteiger partial charge in [0.2, 0.25) is 5.88 Å². The van der Waals surface area contributed by atoms with Crippen molar-refractivity contribution < 1.29 is 39.7 Å². The smallest absolute Gasteiger partial charge is 1.00 e. The number of ether oxygens (including phenoxy) is 2. The molecule has 3 heterocycles. The molecule has 2 aromatic carbocycles. The summed E-state index contributed by atoms with van der Waals surface area (Å²) in [6.45, 7) is 15.7. The molecule has 0 saturated carbocycles.